The van der Waals surface area contributed by atoms with Gasteiger partial charge in [0, 0.05) is 6.42 Å². The van der Waals surface area contributed by atoms with E-state index >= 15 is 0 Å². The summed E-state index contributed by atoms with van der Waals surface area (Å²) in [5.74, 6) is -0.738. The third-order valence-electron chi connectivity index (χ3n) is 3.52. The first-order valence-electron chi connectivity index (χ1n) is 6.26. The summed E-state index contributed by atoms with van der Waals surface area (Å²) >= 11 is 0. The standard InChI is InChI=1S/C14H17NO4/c1-3-14(2,13(17)18)15-12(16)11-8-9-6-4-5-7-10(9)19-11/h4-7,11H,3,8H2,1-2H3,(H,15,16)(H,17,18). The second kappa shape index (κ2) is 4.91. The average molecular weight is 263 g/mol. The summed E-state index contributed by atoms with van der Waals surface area (Å²) in [6.45, 7) is 3.22. The quantitative estimate of drug-likeness (QED) is 0.860. The van der Waals surface area contributed by atoms with E-state index in [2.05, 4.69) is 5.32 Å². The molecule has 2 unspecified atom stereocenters. The SMILES string of the molecule is CCC(C)(NC(=O)C1Cc2ccccc2O1)C(=O)O. The van der Waals surface area contributed by atoms with Gasteiger partial charge in [-0.15, -0.1) is 0 Å². The lowest BCUT2D eigenvalue weighted by molar-refractivity contribution is -0.148. The van der Waals surface area contributed by atoms with Gasteiger partial charge in [0.1, 0.15) is 11.3 Å². The maximum absolute atomic E-state index is 12.1. The van der Waals surface area contributed by atoms with Crippen molar-refractivity contribution in [2.45, 2.75) is 38.3 Å². The maximum atomic E-state index is 12.1. The molecule has 5 heteroatoms. The Labute approximate surface area is 111 Å². The van der Waals surface area contributed by atoms with Crippen LogP contribution < -0.4 is 10.1 Å². The van der Waals surface area contributed by atoms with Gasteiger partial charge < -0.3 is 15.2 Å². The number of carboxylic acid groups (broad SMARTS) is 1. The number of amides is 1. The molecule has 0 fully saturated rings. The zero-order valence-electron chi connectivity index (χ0n) is 11.0. The Morgan fingerprint density at radius 2 is 2.16 bits per heavy atom. The summed E-state index contributed by atoms with van der Waals surface area (Å²) in [5, 5.41) is 11.7. The van der Waals surface area contributed by atoms with Crippen molar-refractivity contribution in [3.05, 3.63) is 29.8 Å². The van der Waals surface area contributed by atoms with Crippen LogP contribution in [0.1, 0.15) is 25.8 Å². The molecule has 5 nitrogen and oxygen atoms in total. The molecule has 1 amide bonds. The topological polar surface area (TPSA) is 75.6 Å². The number of rotatable bonds is 4. The van der Waals surface area contributed by atoms with E-state index < -0.39 is 17.6 Å². The summed E-state index contributed by atoms with van der Waals surface area (Å²) in [6.07, 6.45) is 0.137. The van der Waals surface area contributed by atoms with Gasteiger partial charge in [-0.3, -0.25) is 4.79 Å². The second-order valence-corrected chi connectivity index (χ2v) is 4.90. The van der Waals surface area contributed by atoms with E-state index in [9.17, 15) is 9.59 Å². The van der Waals surface area contributed by atoms with E-state index in [4.69, 9.17) is 9.84 Å². The van der Waals surface area contributed by atoms with Crippen molar-refractivity contribution >= 4 is 11.9 Å². The van der Waals surface area contributed by atoms with E-state index in [1.807, 2.05) is 18.2 Å². The Balaban J connectivity index is 2.06. The molecular formula is C14H17NO4. The number of nitrogens with one attached hydrogen (secondary N) is 1. The Kier molecular flexibility index (Phi) is 3.46. The van der Waals surface area contributed by atoms with Crippen molar-refractivity contribution in [1.29, 1.82) is 0 Å². The van der Waals surface area contributed by atoms with E-state index in [-0.39, 0.29) is 5.91 Å². The van der Waals surface area contributed by atoms with Crippen LogP contribution in [0, 0.1) is 0 Å². The minimum atomic E-state index is -1.25. The van der Waals surface area contributed by atoms with Gasteiger partial charge in [0.15, 0.2) is 6.10 Å². The van der Waals surface area contributed by atoms with Gasteiger partial charge in [-0.05, 0) is 25.0 Å². The minimum absolute atomic E-state index is 0.313. The van der Waals surface area contributed by atoms with Crippen molar-refractivity contribution in [3.8, 4) is 5.75 Å². The Bertz CT molecular complexity index is 489. The lowest BCUT2D eigenvalue weighted by atomic mass is 9.98. The van der Waals surface area contributed by atoms with Crippen LogP contribution in [-0.2, 0) is 16.0 Å². The van der Waals surface area contributed by atoms with Crippen molar-refractivity contribution in [2.75, 3.05) is 0 Å². The van der Waals surface area contributed by atoms with Crippen molar-refractivity contribution in [3.63, 3.8) is 0 Å². The molecule has 0 saturated heterocycles. The van der Waals surface area contributed by atoms with Crippen molar-refractivity contribution < 1.29 is 19.4 Å². The number of ether oxygens (including phenoxy) is 1. The van der Waals surface area contributed by atoms with Gasteiger partial charge in [0.05, 0.1) is 0 Å². The first kappa shape index (κ1) is 13.4. The molecule has 1 heterocycles. The van der Waals surface area contributed by atoms with E-state index in [0.29, 0.717) is 18.6 Å². The van der Waals surface area contributed by atoms with Gasteiger partial charge in [-0.2, -0.15) is 0 Å². The third kappa shape index (κ3) is 2.54. The molecule has 1 aliphatic heterocycles. The highest BCUT2D eigenvalue weighted by molar-refractivity contribution is 5.89. The van der Waals surface area contributed by atoms with Gasteiger partial charge >= 0.3 is 5.97 Å². The fourth-order valence-electron chi connectivity index (χ4n) is 1.97. The van der Waals surface area contributed by atoms with Crippen LogP contribution in [0.3, 0.4) is 0 Å². The molecule has 2 atom stereocenters. The molecule has 0 spiro atoms. The molecule has 2 N–H and O–H groups in total. The number of hydrogen-bond donors (Lipinski definition) is 2. The van der Waals surface area contributed by atoms with E-state index in [1.165, 1.54) is 6.92 Å². The number of carbonyl (C=O) groups is 2. The number of carboxylic acids is 1. The molecule has 1 aromatic carbocycles. The molecule has 0 bridgehead atoms. The van der Waals surface area contributed by atoms with Gasteiger partial charge in [-0.1, -0.05) is 25.1 Å². The number of hydrogen-bond acceptors (Lipinski definition) is 3. The van der Waals surface area contributed by atoms with Gasteiger partial charge in [0.2, 0.25) is 0 Å². The van der Waals surface area contributed by atoms with Crippen molar-refractivity contribution in [2.24, 2.45) is 0 Å². The fourth-order valence-corrected chi connectivity index (χ4v) is 1.97. The Hall–Kier alpha value is -2.04. The Morgan fingerprint density at radius 3 is 2.74 bits per heavy atom. The molecule has 102 valence electrons. The lowest BCUT2D eigenvalue weighted by Crippen LogP contribution is -2.55. The molecule has 1 aromatic rings. The molecule has 2 rings (SSSR count). The zero-order valence-corrected chi connectivity index (χ0v) is 11.0. The monoisotopic (exact) mass is 263 g/mol. The molecule has 1 aliphatic rings. The smallest absolute Gasteiger partial charge is 0.329 e. The van der Waals surface area contributed by atoms with Crippen molar-refractivity contribution in [1.82, 2.24) is 5.32 Å². The number of aliphatic carboxylic acids is 1. The molecule has 0 radical (unpaired) electrons. The summed E-state index contributed by atoms with van der Waals surface area (Å²) in [6, 6.07) is 7.43. The van der Waals surface area contributed by atoms with Crippen LogP contribution in [0.5, 0.6) is 5.75 Å². The highest BCUT2D eigenvalue weighted by Gasteiger charge is 2.37. The second-order valence-electron chi connectivity index (χ2n) is 4.90. The highest BCUT2D eigenvalue weighted by atomic mass is 16.5. The van der Waals surface area contributed by atoms with Crippen LogP contribution in [0.25, 0.3) is 0 Å². The van der Waals surface area contributed by atoms with E-state index in [0.717, 1.165) is 5.56 Å². The third-order valence-corrected chi connectivity index (χ3v) is 3.52. The maximum Gasteiger partial charge on any atom is 0.329 e. The van der Waals surface area contributed by atoms with Crippen LogP contribution in [0.15, 0.2) is 24.3 Å². The molecule has 19 heavy (non-hydrogen) atoms. The molecule has 0 aromatic heterocycles. The average Bonchev–Trinajstić information content (AvgIpc) is 2.82. The summed E-state index contributed by atoms with van der Waals surface area (Å²) in [7, 11) is 0. The predicted octanol–water partition coefficient (Wildman–Crippen LogP) is 1.36. The van der Waals surface area contributed by atoms with Crippen LogP contribution >= 0.6 is 0 Å². The molecular weight excluding hydrogens is 246 g/mol. The first-order valence-corrected chi connectivity index (χ1v) is 6.26. The van der Waals surface area contributed by atoms with Gasteiger partial charge in [0.25, 0.3) is 5.91 Å². The predicted molar refractivity (Wildman–Crippen MR) is 69.0 cm³/mol. The molecule has 0 saturated carbocycles. The highest BCUT2D eigenvalue weighted by Crippen LogP contribution is 2.28. The summed E-state index contributed by atoms with van der Waals surface area (Å²) < 4.78 is 5.53. The Morgan fingerprint density at radius 1 is 1.47 bits per heavy atom. The lowest BCUT2D eigenvalue weighted by Gasteiger charge is -2.26. The number of benzene rings is 1. The van der Waals surface area contributed by atoms with Crippen LogP contribution in [0.4, 0.5) is 0 Å². The fraction of sp³-hybridized carbons (Fsp3) is 0.429. The number of carbonyl (C=O) groups excluding carboxylic acids is 1. The van der Waals surface area contributed by atoms with Crippen LogP contribution in [-0.4, -0.2) is 28.6 Å². The summed E-state index contributed by atoms with van der Waals surface area (Å²) in [5.41, 5.74) is -0.286. The number of fused-ring (bicyclic) bond motifs is 1. The summed E-state index contributed by atoms with van der Waals surface area (Å²) in [4.78, 5) is 23.3. The van der Waals surface area contributed by atoms with Crippen LogP contribution in [0.2, 0.25) is 0 Å². The normalized spacial score (nSPS) is 20.0. The largest absolute Gasteiger partial charge is 0.480 e. The van der Waals surface area contributed by atoms with E-state index in [1.54, 1.807) is 13.0 Å². The zero-order chi connectivity index (χ0) is 14.0. The minimum Gasteiger partial charge on any atom is -0.480 e. The molecule has 0 aliphatic carbocycles. The van der Waals surface area contributed by atoms with Gasteiger partial charge in [-0.25, -0.2) is 4.79 Å². The first-order chi connectivity index (χ1) is 8.96. The number of para-hydroxylation sites is 1.